The molecule has 2 aliphatic rings. The summed E-state index contributed by atoms with van der Waals surface area (Å²) in [6.45, 7) is 1.01. The fourth-order valence-electron chi connectivity index (χ4n) is 3.36. The molecule has 0 amide bonds. The number of rotatable bonds is 2. The quantitative estimate of drug-likeness (QED) is 0.909. The van der Waals surface area contributed by atoms with Gasteiger partial charge < -0.3 is 9.88 Å². The van der Waals surface area contributed by atoms with Gasteiger partial charge in [0.2, 0.25) is 5.95 Å². The van der Waals surface area contributed by atoms with Crippen molar-refractivity contribution in [2.45, 2.75) is 44.6 Å². The predicted molar refractivity (Wildman–Crippen MR) is 76.6 cm³/mol. The summed E-state index contributed by atoms with van der Waals surface area (Å²) >= 11 is 0. The van der Waals surface area contributed by atoms with Crippen LogP contribution in [0.3, 0.4) is 0 Å². The van der Waals surface area contributed by atoms with Crippen LogP contribution in [0.1, 0.15) is 48.9 Å². The molecule has 5 nitrogen and oxygen atoms in total. The number of aryl methyl sites for hydroxylation is 2. The fourth-order valence-corrected chi connectivity index (χ4v) is 3.36. The van der Waals surface area contributed by atoms with Crippen LogP contribution in [0.2, 0.25) is 0 Å². The summed E-state index contributed by atoms with van der Waals surface area (Å²) < 4.78 is 0. The van der Waals surface area contributed by atoms with Gasteiger partial charge in [0.05, 0.1) is 11.7 Å². The number of hydrogen-bond acceptors (Lipinski definition) is 4. The van der Waals surface area contributed by atoms with E-state index in [0.29, 0.717) is 6.04 Å². The molecular formula is C15H19N5. The first kappa shape index (κ1) is 11.9. The molecular weight excluding hydrogens is 250 g/mol. The molecule has 1 N–H and O–H groups in total. The van der Waals surface area contributed by atoms with Gasteiger partial charge in [0.1, 0.15) is 5.82 Å². The third kappa shape index (κ3) is 1.97. The van der Waals surface area contributed by atoms with Crippen LogP contribution in [0.5, 0.6) is 0 Å². The Hall–Kier alpha value is -1.91. The highest BCUT2D eigenvalue weighted by Gasteiger charge is 2.31. The molecule has 0 aromatic carbocycles. The molecule has 104 valence electrons. The molecule has 2 aromatic rings. The highest BCUT2D eigenvalue weighted by atomic mass is 15.3. The zero-order valence-corrected chi connectivity index (χ0v) is 11.5. The molecule has 1 atom stereocenters. The first-order valence-electron chi connectivity index (χ1n) is 7.53. The van der Waals surface area contributed by atoms with E-state index in [1.807, 2.05) is 18.5 Å². The number of hydrogen-bond donors (Lipinski definition) is 1. The maximum absolute atomic E-state index is 4.86. The molecule has 0 radical (unpaired) electrons. The molecule has 1 aliphatic heterocycles. The van der Waals surface area contributed by atoms with Gasteiger partial charge in [-0.15, -0.1) is 0 Å². The lowest BCUT2D eigenvalue weighted by molar-refractivity contribution is 0.660. The normalized spacial score (nSPS) is 22.0. The van der Waals surface area contributed by atoms with E-state index in [2.05, 4.69) is 19.9 Å². The lowest BCUT2D eigenvalue weighted by atomic mass is 10.0. The minimum atomic E-state index is 0.308. The number of imidazole rings is 1. The summed E-state index contributed by atoms with van der Waals surface area (Å²) in [5.41, 5.74) is 2.64. The van der Waals surface area contributed by atoms with E-state index in [0.717, 1.165) is 37.6 Å². The average molecular weight is 269 g/mol. The van der Waals surface area contributed by atoms with Crippen molar-refractivity contribution < 1.29 is 0 Å². The van der Waals surface area contributed by atoms with Crippen molar-refractivity contribution in [1.82, 2.24) is 19.9 Å². The predicted octanol–water partition coefficient (Wildman–Crippen LogP) is 2.42. The number of nitrogens with one attached hydrogen (secondary N) is 1. The first-order valence-corrected chi connectivity index (χ1v) is 7.53. The average Bonchev–Trinajstić information content (AvgIpc) is 3.14. The lowest BCUT2D eigenvalue weighted by Gasteiger charge is -2.22. The summed E-state index contributed by atoms with van der Waals surface area (Å²) in [5.74, 6) is 1.94. The van der Waals surface area contributed by atoms with Gasteiger partial charge in [0.15, 0.2) is 0 Å². The molecule has 3 heterocycles. The molecule has 2 aromatic heterocycles. The second-order valence-electron chi connectivity index (χ2n) is 5.65. The smallest absolute Gasteiger partial charge is 0.225 e. The van der Waals surface area contributed by atoms with Crippen molar-refractivity contribution in [3.8, 4) is 0 Å². The summed E-state index contributed by atoms with van der Waals surface area (Å²) in [5, 5.41) is 0. The van der Waals surface area contributed by atoms with Crippen LogP contribution in [0.25, 0.3) is 0 Å². The fraction of sp³-hybridized carbons (Fsp3) is 0.533. The molecule has 0 spiro atoms. The Morgan fingerprint density at radius 1 is 1.10 bits per heavy atom. The van der Waals surface area contributed by atoms with E-state index in [1.54, 1.807) is 0 Å². The first-order chi connectivity index (χ1) is 9.92. The Labute approximate surface area is 118 Å². The monoisotopic (exact) mass is 269 g/mol. The Balaban J connectivity index is 1.65. The van der Waals surface area contributed by atoms with Crippen LogP contribution in [-0.2, 0) is 12.8 Å². The minimum Gasteiger partial charge on any atom is -0.344 e. The lowest BCUT2D eigenvalue weighted by Crippen LogP contribution is -2.25. The van der Waals surface area contributed by atoms with Crippen molar-refractivity contribution in [1.29, 1.82) is 0 Å². The van der Waals surface area contributed by atoms with Crippen LogP contribution in [0.15, 0.2) is 18.5 Å². The topological polar surface area (TPSA) is 57.7 Å². The summed E-state index contributed by atoms with van der Waals surface area (Å²) in [6.07, 6.45) is 10.8. The van der Waals surface area contributed by atoms with Gasteiger partial charge in [-0.2, -0.15) is 0 Å². The standard InChI is InChI=1S/C15H19N5/c1-2-6-12-11(5-1)18-14(19-12)13-7-3-10-20(13)15-16-8-4-9-17-15/h4,8-9,13H,1-3,5-7,10H2,(H,18,19)/t13-/m1/s1. The molecule has 1 saturated heterocycles. The van der Waals surface area contributed by atoms with E-state index >= 15 is 0 Å². The van der Waals surface area contributed by atoms with Gasteiger partial charge >= 0.3 is 0 Å². The number of nitrogens with zero attached hydrogens (tertiary/aromatic N) is 4. The van der Waals surface area contributed by atoms with Gasteiger partial charge in [0, 0.05) is 24.6 Å². The van der Waals surface area contributed by atoms with Crippen LogP contribution in [0, 0.1) is 0 Å². The molecule has 5 heteroatoms. The van der Waals surface area contributed by atoms with Crippen molar-refractivity contribution in [3.63, 3.8) is 0 Å². The highest BCUT2D eigenvalue weighted by Crippen LogP contribution is 2.34. The summed E-state index contributed by atoms with van der Waals surface area (Å²) in [4.78, 5) is 19.5. The third-order valence-corrected chi connectivity index (χ3v) is 4.35. The molecule has 20 heavy (non-hydrogen) atoms. The SMILES string of the molecule is c1cnc(N2CCC[C@@H]2c2nc3c([nH]2)CCCC3)nc1. The Kier molecular flexibility index (Phi) is 2.90. The van der Waals surface area contributed by atoms with Crippen LogP contribution in [-0.4, -0.2) is 26.5 Å². The highest BCUT2D eigenvalue weighted by molar-refractivity contribution is 5.35. The van der Waals surface area contributed by atoms with E-state index in [4.69, 9.17) is 4.98 Å². The van der Waals surface area contributed by atoms with Crippen LogP contribution < -0.4 is 4.90 Å². The molecule has 1 aliphatic carbocycles. The van der Waals surface area contributed by atoms with Gasteiger partial charge in [-0.05, 0) is 44.6 Å². The molecule has 0 bridgehead atoms. The number of fused-ring (bicyclic) bond motifs is 1. The van der Waals surface area contributed by atoms with Crippen LogP contribution >= 0.6 is 0 Å². The second kappa shape index (κ2) is 4.89. The van der Waals surface area contributed by atoms with Gasteiger partial charge in [-0.1, -0.05) is 0 Å². The Bertz CT molecular complexity index is 568. The van der Waals surface area contributed by atoms with Crippen molar-refractivity contribution in [2.75, 3.05) is 11.4 Å². The molecule has 4 rings (SSSR count). The third-order valence-electron chi connectivity index (χ3n) is 4.35. The number of aromatic amines is 1. The van der Waals surface area contributed by atoms with Crippen LogP contribution in [0.4, 0.5) is 5.95 Å². The number of anilines is 1. The van der Waals surface area contributed by atoms with Gasteiger partial charge in [-0.25, -0.2) is 15.0 Å². The van der Waals surface area contributed by atoms with E-state index in [1.165, 1.54) is 30.7 Å². The van der Waals surface area contributed by atoms with Gasteiger partial charge in [-0.3, -0.25) is 0 Å². The number of aromatic nitrogens is 4. The number of H-pyrrole nitrogens is 1. The minimum absolute atomic E-state index is 0.308. The second-order valence-corrected chi connectivity index (χ2v) is 5.65. The molecule has 0 saturated carbocycles. The largest absolute Gasteiger partial charge is 0.344 e. The maximum atomic E-state index is 4.86. The van der Waals surface area contributed by atoms with Gasteiger partial charge in [0.25, 0.3) is 0 Å². The molecule has 0 unspecified atom stereocenters. The summed E-state index contributed by atoms with van der Waals surface area (Å²) in [6, 6.07) is 2.17. The zero-order valence-electron chi connectivity index (χ0n) is 11.5. The van der Waals surface area contributed by atoms with E-state index < -0.39 is 0 Å². The van der Waals surface area contributed by atoms with E-state index in [-0.39, 0.29) is 0 Å². The van der Waals surface area contributed by atoms with Crippen molar-refractivity contribution in [2.24, 2.45) is 0 Å². The Morgan fingerprint density at radius 3 is 2.80 bits per heavy atom. The maximum Gasteiger partial charge on any atom is 0.225 e. The Morgan fingerprint density at radius 2 is 1.95 bits per heavy atom. The summed E-state index contributed by atoms with van der Waals surface area (Å²) in [7, 11) is 0. The molecule has 1 fully saturated rings. The van der Waals surface area contributed by atoms with E-state index in [9.17, 15) is 0 Å². The van der Waals surface area contributed by atoms with Crippen molar-refractivity contribution >= 4 is 5.95 Å². The zero-order chi connectivity index (χ0) is 13.4. The van der Waals surface area contributed by atoms with Crippen molar-refractivity contribution in [3.05, 3.63) is 35.7 Å².